The average molecular weight is 261 g/mol. The van der Waals surface area contributed by atoms with Gasteiger partial charge in [-0.05, 0) is 6.07 Å². The minimum atomic E-state index is -1.04. The number of ether oxygens (including phenoxy) is 1. The van der Waals surface area contributed by atoms with Gasteiger partial charge < -0.3 is 9.84 Å². The van der Waals surface area contributed by atoms with Crippen molar-refractivity contribution < 1.29 is 19.4 Å². The molecule has 4 atom stereocenters. The number of carboxylic acid groups (broad SMARTS) is 1. The highest BCUT2D eigenvalue weighted by Gasteiger charge is 2.53. The number of aliphatic carboxylic acids is 1. The minimum Gasteiger partial charge on any atom is -0.481 e. The Morgan fingerprint density at radius 2 is 1.79 bits per heavy atom. The predicted octanol–water partition coefficient (Wildman–Crippen LogP) is 0.0693. The fourth-order valence-electron chi connectivity index (χ4n) is 2.47. The lowest BCUT2D eigenvalue weighted by molar-refractivity contribution is -0.145. The number of carbonyl (C=O) groups excluding carboxylic acids is 1. The molecule has 1 amide bonds. The van der Waals surface area contributed by atoms with Crippen molar-refractivity contribution in [2.45, 2.75) is 12.2 Å². The lowest BCUT2D eigenvalue weighted by atomic mass is 9.82. The van der Waals surface area contributed by atoms with Crippen LogP contribution in [0.4, 0.5) is 5.95 Å². The number of hydrogen-bond donors (Lipinski definition) is 2. The van der Waals surface area contributed by atoms with E-state index < -0.39 is 35.9 Å². The number of aromatic nitrogens is 2. The van der Waals surface area contributed by atoms with E-state index in [2.05, 4.69) is 15.3 Å². The number of carboxylic acids is 1. The molecule has 2 aliphatic heterocycles. The monoisotopic (exact) mass is 261 g/mol. The van der Waals surface area contributed by atoms with Crippen LogP contribution in [0.2, 0.25) is 0 Å². The normalized spacial score (nSPS) is 31.4. The van der Waals surface area contributed by atoms with Crippen LogP contribution in [0.1, 0.15) is 0 Å². The van der Waals surface area contributed by atoms with Gasteiger partial charge in [0.2, 0.25) is 11.9 Å². The van der Waals surface area contributed by atoms with Crippen LogP contribution in [-0.2, 0) is 14.3 Å². The number of rotatable bonds is 3. The van der Waals surface area contributed by atoms with Crippen LogP contribution in [0.5, 0.6) is 0 Å². The van der Waals surface area contributed by atoms with Crippen LogP contribution < -0.4 is 5.32 Å². The average Bonchev–Trinajstić information content (AvgIpc) is 2.99. The van der Waals surface area contributed by atoms with Crippen molar-refractivity contribution in [2.75, 3.05) is 5.32 Å². The summed E-state index contributed by atoms with van der Waals surface area (Å²) in [5, 5.41) is 11.7. The third kappa shape index (κ3) is 1.97. The van der Waals surface area contributed by atoms with Gasteiger partial charge in [0.1, 0.15) is 5.92 Å². The summed E-state index contributed by atoms with van der Waals surface area (Å²) in [7, 11) is 0. The number of fused-ring (bicyclic) bond motifs is 2. The van der Waals surface area contributed by atoms with Crippen LogP contribution in [0, 0.1) is 11.8 Å². The molecular weight excluding hydrogens is 250 g/mol. The molecule has 2 bridgehead atoms. The van der Waals surface area contributed by atoms with Gasteiger partial charge in [0.15, 0.2) is 0 Å². The van der Waals surface area contributed by atoms with Gasteiger partial charge >= 0.3 is 5.97 Å². The molecule has 0 aromatic carbocycles. The molecule has 98 valence electrons. The fourth-order valence-corrected chi connectivity index (χ4v) is 2.47. The number of hydrogen-bond acceptors (Lipinski definition) is 5. The molecule has 1 fully saturated rings. The van der Waals surface area contributed by atoms with E-state index in [-0.39, 0.29) is 5.95 Å². The van der Waals surface area contributed by atoms with Gasteiger partial charge in [-0.25, -0.2) is 9.97 Å². The predicted molar refractivity (Wildman–Crippen MR) is 63.1 cm³/mol. The highest BCUT2D eigenvalue weighted by molar-refractivity contribution is 5.95. The van der Waals surface area contributed by atoms with Crippen molar-refractivity contribution in [1.29, 1.82) is 0 Å². The highest BCUT2D eigenvalue weighted by atomic mass is 16.5. The van der Waals surface area contributed by atoms with Gasteiger partial charge in [0.05, 0.1) is 18.1 Å². The Balaban J connectivity index is 1.79. The van der Waals surface area contributed by atoms with E-state index in [1.807, 2.05) is 0 Å². The molecule has 1 aromatic rings. The Morgan fingerprint density at radius 3 is 2.42 bits per heavy atom. The molecule has 19 heavy (non-hydrogen) atoms. The van der Waals surface area contributed by atoms with Crippen LogP contribution in [-0.4, -0.2) is 39.2 Å². The summed E-state index contributed by atoms with van der Waals surface area (Å²) in [6.07, 6.45) is 5.37. The molecule has 0 saturated carbocycles. The van der Waals surface area contributed by atoms with Crippen molar-refractivity contribution in [2.24, 2.45) is 11.8 Å². The molecule has 0 aliphatic carbocycles. The zero-order valence-electron chi connectivity index (χ0n) is 9.76. The fraction of sp³-hybridized carbons (Fsp3) is 0.333. The Morgan fingerprint density at radius 1 is 1.16 bits per heavy atom. The van der Waals surface area contributed by atoms with Gasteiger partial charge in [-0.1, -0.05) is 12.2 Å². The summed E-state index contributed by atoms with van der Waals surface area (Å²) in [5.41, 5.74) is 0. The summed E-state index contributed by atoms with van der Waals surface area (Å²) in [6.45, 7) is 0. The summed E-state index contributed by atoms with van der Waals surface area (Å²) >= 11 is 0. The first kappa shape index (κ1) is 11.8. The molecule has 3 heterocycles. The molecule has 0 spiro atoms. The topological polar surface area (TPSA) is 101 Å². The lowest BCUT2D eigenvalue weighted by Gasteiger charge is -2.20. The maximum atomic E-state index is 12.2. The maximum Gasteiger partial charge on any atom is 0.310 e. The molecule has 2 N–H and O–H groups in total. The summed E-state index contributed by atoms with van der Waals surface area (Å²) in [4.78, 5) is 31.1. The van der Waals surface area contributed by atoms with Crippen molar-refractivity contribution in [3.05, 3.63) is 30.6 Å². The number of amides is 1. The van der Waals surface area contributed by atoms with E-state index in [0.717, 1.165) is 0 Å². The zero-order chi connectivity index (χ0) is 13.4. The molecule has 7 heteroatoms. The van der Waals surface area contributed by atoms with Crippen molar-refractivity contribution in [1.82, 2.24) is 9.97 Å². The van der Waals surface area contributed by atoms with Crippen LogP contribution in [0.3, 0.4) is 0 Å². The first-order valence-electron chi connectivity index (χ1n) is 5.81. The third-order valence-corrected chi connectivity index (χ3v) is 3.29. The SMILES string of the molecule is O=C(Nc1ncccn1)[C@@H]1[C@H](C(=O)O)[C@H]2C=C[C@H]1O2. The summed E-state index contributed by atoms with van der Waals surface area (Å²) < 4.78 is 5.42. The zero-order valence-corrected chi connectivity index (χ0v) is 9.76. The van der Waals surface area contributed by atoms with E-state index >= 15 is 0 Å². The van der Waals surface area contributed by atoms with E-state index in [0.29, 0.717) is 0 Å². The highest BCUT2D eigenvalue weighted by Crippen LogP contribution is 2.39. The first-order valence-corrected chi connectivity index (χ1v) is 5.81. The third-order valence-electron chi connectivity index (χ3n) is 3.29. The molecule has 0 unspecified atom stereocenters. The Labute approximate surface area is 108 Å². The standard InChI is InChI=1S/C12H11N3O4/c16-10(15-12-13-4-1-5-14-12)8-6-2-3-7(19-6)9(8)11(17)18/h1-9H,(H,17,18)(H,13,14,15,16)/t6-,7-,8+,9-/m1/s1. The Bertz CT molecular complexity index is 545. The molecular formula is C12H11N3O4. The number of anilines is 1. The van der Waals surface area contributed by atoms with Gasteiger partial charge in [-0.2, -0.15) is 0 Å². The maximum absolute atomic E-state index is 12.2. The number of nitrogens with one attached hydrogen (secondary N) is 1. The Hall–Kier alpha value is -2.28. The van der Waals surface area contributed by atoms with Crippen molar-refractivity contribution in [3.8, 4) is 0 Å². The number of carbonyl (C=O) groups is 2. The van der Waals surface area contributed by atoms with Gasteiger partial charge in [-0.3, -0.25) is 14.9 Å². The van der Waals surface area contributed by atoms with Gasteiger partial charge in [-0.15, -0.1) is 0 Å². The first-order chi connectivity index (χ1) is 9.16. The largest absolute Gasteiger partial charge is 0.481 e. The summed E-state index contributed by atoms with van der Waals surface area (Å²) in [5.74, 6) is -2.93. The molecule has 1 aromatic heterocycles. The second kappa shape index (κ2) is 4.43. The van der Waals surface area contributed by atoms with Crippen LogP contribution in [0.15, 0.2) is 30.6 Å². The minimum absolute atomic E-state index is 0.156. The molecule has 7 nitrogen and oxygen atoms in total. The van der Waals surface area contributed by atoms with Crippen molar-refractivity contribution in [3.63, 3.8) is 0 Å². The second-order valence-electron chi connectivity index (χ2n) is 4.40. The molecule has 3 rings (SSSR count). The van der Waals surface area contributed by atoms with E-state index in [4.69, 9.17) is 4.74 Å². The van der Waals surface area contributed by atoms with Crippen LogP contribution in [0.25, 0.3) is 0 Å². The van der Waals surface area contributed by atoms with E-state index in [1.165, 1.54) is 12.4 Å². The molecule has 2 aliphatic rings. The second-order valence-corrected chi connectivity index (χ2v) is 4.40. The van der Waals surface area contributed by atoms with E-state index in [1.54, 1.807) is 18.2 Å². The quantitative estimate of drug-likeness (QED) is 0.746. The molecule has 1 saturated heterocycles. The number of nitrogens with zero attached hydrogens (tertiary/aromatic N) is 2. The smallest absolute Gasteiger partial charge is 0.310 e. The Kier molecular flexibility index (Phi) is 2.75. The van der Waals surface area contributed by atoms with Gasteiger partial charge in [0.25, 0.3) is 0 Å². The van der Waals surface area contributed by atoms with E-state index in [9.17, 15) is 14.7 Å². The molecule has 0 radical (unpaired) electrons. The van der Waals surface area contributed by atoms with Crippen LogP contribution >= 0.6 is 0 Å². The lowest BCUT2D eigenvalue weighted by Crippen LogP contribution is -2.39. The van der Waals surface area contributed by atoms with Crippen molar-refractivity contribution >= 4 is 17.8 Å². The van der Waals surface area contributed by atoms with Gasteiger partial charge in [0, 0.05) is 12.4 Å². The summed E-state index contributed by atoms with van der Waals surface area (Å²) in [6, 6.07) is 1.62.